The van der Waals surface area contributed by atoms with E-state index < -0.39 is 0 Å². The number of aromatic nitrogens is 1. The zero-order chi connectivity index (χ0) is 23.9. The van der Waals surface area contributed by atoms with Crippen LogP contribution in [0.4, 0.5) is 0 Å². The number of rotatable bonds is 16. The molecule has 2 rings (SSSR count). The number of carbonyl (C=O) groups is 1. The molecule has 2 heterocycles. The Morgan fingerprint density at radius 3 is 2.70 bits per heavy atom. The van der Waals surface area contributed by atoms with Gasteiger partial charge in [-0.2, -0.15) is 0 Å². The molecule has 7 nitrogen and oxygen atoms in total. The number of pyridine rings is 1. The summed E-state index contributed by atoms with van der Waals surface area (Å²) in [6.07, 6.45) is 12.7. The van der Waals surface area contributed by atoms with Gasteiger partial charge in [0.1, 0.15) is 0 Å². The Hall–Kier alpha value is -2.09. The summed E-state index contributed by atoms with van der Waals surface area (Å²) in [5.41, 5.74) is 7.75. The number of nitrogens with one attached hydrogen (secondary N) is 1. The maximum atomic E-state index is 13.4. The van der Waals surface area contributed by atoms with Crippen molar-refractivity contribution in [3.05, 3.63) is 41.9 Å². The maximum absolute atomic E-state index is 13.4. The summed E-state index contributed by atoms with van der Waals surface area (Å²) in [5, 5.41) is 3.23. The predicted molar refractivity (Wildman–Crippen MR) is 137 cm³/mol. The van der Waals surface area contributed by atoms with Crippen LogP contribution in [-0.2, 0) is 11.3 Å². The van der Waals surface area contributed by atoms with E-state index in [0.29, 0.717) is 26.2 Å². The summed E-state index contributed by atoms with van der Waals surface area (Å²) in [6, 6.07) is 5.72. The van der Waals surface area contributed by atoms with Gasteiger partial charge in [0, 0.05) is 38.5 Å². The summed E-state index contributed by atoms with van der Waals surface area (Å²) >= 11 is 0. The van der Waals surface area contributed by atoms with Crippen molar-refractivity contribution in [1.82, 2.24) is 15.2 Å². The number of nitrogens with two attached hydrogens (primary N) is 1. The van der Waals surface area contributed by atoms with Gasteiger partial charge in [-0.05, 0) is 50.8 Å². The largest absolute Gasteiger partial charge is 0.355 e. The third-order valence-corrected chi connectivity index (χ3v) is 6.13. The van der Waals surface area contributed by atoms with Gasteiger partial charge in [0.25, 0.3) is 0 Å². The summed E-state index contributed by atoms with van der Waals surface area (Å²) in [6.45, 7) is 7.05. The van der Waals surface area contributed by atoms with Crippen LogP contribution in [0.5, 0.6) is 0 Å². The summed E-state index contributed by atoms with van der Waals surface area (Å²) < 4.78 is 0.990. The van der Waals surface area contributed by atoms with Crippen molar-refractivity contribution < 1.29 is 9.28 Å². The molecule has 1 atom stereocenters. The molecule has 0 saturated carbocycles. The molecular weight excluding hydrogens is 412 g/mol. The number of carbonyl (C=O) groups excluding carboxylic acids is 1. The molecule has 0 spiro atoms. The Kier molecular flexibility index (Phi) is 12.3. The van der Waals surface area contributed by atoms with E-state index in [0.717, 1.165) is 67.5 Å². The average Bonchev–Trinajstić information content (AvgIpc) is 2.80. The topological polar surface area (TPSA) is 83.6 Å². The van der Waals surface area contributed by atoms with Crippen LogP contribution in [0.3, 0.4) is 0 Å². The molecule has 7 heteroatoms. The number of allylic oxidation sites excluding steroid dienone is 1. The Balaban J connectivity index is 2.09. The molecule has 1 aliphatic heterocycles. The summed E-state index contributed by atoms with van der Waals surface area (Å²) in [7, 11) is 4.52. The molecule has 0 aliphatic carbocycles. The lowest BCUT2D eigenvalue weighted by Crippen LogP contribution is -2.48. The van der Waals surface area contributed by atoms with Gasteiger partial charge in [-0.1, -0.05) is 25.5 Å². The van der Waals surface area contributed by atoms with Crippen molar-refractivity contribution >= 4 is 12.1 Å². The molecule has 1 aromatic heterocycles. The highest BCUT2D eigenvalue weighted by Gasteiger charge is 2.27. The van der Waals surface area contributed by atoms with Crippen LogP contribution in [-0.4, -0.2) is 79.3 Å². The number of unbranched alkanes of at least 4 members (excludes halogenated alkanes) is 1. The molecule has 1 unspecified atom stereocenters. The van der Waals surface area contributed by atoms with E-state index in [1.165, 1.54) is 6.42 Å². The van der Waals surface area contributed by atoms with Crippen molar-refractivity contribution in [3.8, 4) is 0 Å². The minimum absolute atomic E-state index is 0.101. The van der Waals surface area contributed by atoms with Crippen molar-refractivity contribution in [2.24, 2.45) is 10.7 Å². The van der Waals surface area contributed by atoms with Crippen LogP contribution >= 0.6 is 0 Å². The molecule has 3 N–H and O–H groups in total. The normalized spacial score (nSPS) is 14.9. The smallest absolute Gasteiger partial charge is 0.237 e. The number of hydrogen-bond acceptors (Lipinski definition) is 5. The van der Waals surface area contributed by atoms with Gasteiger partial charge in [0.05, 0.1) is 44.6 Å². The number of quaternary nitrogens is 1. The number of nitrogens with zero attached hydrogens (tertiary/aromatic N) is 4. The molecule has 0 saturated heterocycles. The first-order valence-corrected chi connectivity index (χ1v) is 12.6. The van der Waals surface area contributed by atoms with Crippen molar-refractivity contribution in [3.63, 3.8) is 0 Å². The Morgan fingerprint density at radius 1 is 1.18 bits per heavy atom. The first-order valence-electron chi connectivity index (χ1n) is 12.6. The monoisotopic (exact) mass is 457 g/mol. The number of amides is 1. The second-order valence-corrected chi connectivity index (χ2v) is 9.64. The highest BCUT2D eigenvalue weighted by Crippen LogP contribution is 2.17. The van der Waals surface area contributed by atoms with E-state index in [4.69, 9.17) is 5.73 Å². The molecule has 1 aromatic rings. The average molecular weight is 458 g/mol. The third-order valence-electron chi connectivity index (χ3n) is 6.13. The quantitative estimate of drug-likeness (QED) is 0.295. The molecule has 1 amide bonds. The molecule has 1 aliphatic rings. The molecule has 0 radical (unpaired) electrons. The predicted octanol–water partition coefficient (Wildman–Crippen LogP) is 3.12. The van der Waals surface area contributed by atoms with Gasteiger partial charge in [-0.25, -0.2) is 0 Å². The highest BCUT2D eigenvalue weighted by molar-refractivity contribution is 5.81. The van der Waals surface area contributed by atoms with E-state index in [-0.39, 0.29) is 11.9 Å². The molecule has 184 valence electrons. The second-order valence-electron chi connectivity index (χ2n) is 9.64. The Labute approximate surface area is 200 Å². The molecule has 33 heavy (non-hydrogen) atoms. The fourth-order valence-electron chi connectivity index (χ4n) is 4.36. The summed E-state index contributed by atoms with van der Waals surface area (Å²) in [5.74, 6) is 0.101. The van der Waals surface area contributed by atoms with Crippen molar-refractivity contribution in [1.29, 1.82) is 0 Å². The van der Waals surface area contributed by atoms with Crippen LogP contribution in [0.15, 0.2) is 41.2 Å². The fraction of sp³-hybridized carbons (Fsp3) is 0.654. The minimum atomic E-state index is -0.227. The lowest BCUT2D eigenvalue weighted by atomic mass is 10.1. The third kappa shape index (κ3) is 10.6. The van der Waals surface area contributed by atoms with Gasteiger partial charge < -0.3 is 15.5 Å². The standard InChI is InChI=1S/C26H44N6O/c1-4-19-32(2,3)20-11-18-30-26(33)25(14-5-8-15-27)31(21-23-12-6-9-16-28-23)22-24-13-7-10-17-29-24/h6,9,12-13,16-17,25H,4-5,7-8,10-11,14-15,18-22,27H2,1-3H3/p+1. The van der Waals surface area contributed by atoms with E-state index >= 15 is 0 Å². The van der Waals surface area contributed by atoms with Gasteiger partial charge in [0.15, 0.2) is 0 Å². The zero-order valence-electron chi connectivity index (χ0n) is 21.0. The van der Waals surface area contributed by atoms with Gasteiger partial charge in [-0.3, -0.25) is 19.7 Å². The first kappa shape index (κ1) is 27.2. The molecule has 0 bridgehead atoms. The molecular formula is C26H45N6O+. The van der Waals surface area contributed by atoms with Crippen LogP contribution in [0.25, 0.3) is 0 Å². The van der Waals surface area contributed by atoms with Crippen molar-refractivity contribution in [2.75, 3.05) is 46.8 Å². The number of hydrogen-bond donors (Lipinski definition) is 2. The Bertz CT molecular complexity index is 746. The Morgan fingerprint density at radius 2 is 2.03 bits per heavy atom. The zero-order valence-corrected chi connectivity index (χ0v) is 21.0. The van der Waals surface area contributed by atoms with Crippen LogP contribution in [0, 0.1) is 0 Å². The highest BCUT2D eigenvalue weighted by atomic mass is 16.2. The van der Waals surface area contributed by atoms with Crippen LogP contribution in [0.2, 0.25) is 0 Å². The van der Waals surface area contributed by atoms with Gasteiger partial charge in [0.2, 0.25) is 5.91 Å². The lowest BCUT2D eigenvalue weighted by molar-refractivity contribution is -0.890. The van der Waals surface area contributed by atoms with E-state index in [9.17, 15) is 4.79 Å². The van der Waals surface area contributed by atoms with Gasteiger partial charge in [-0.15, -0.1) is 0 Å². The molecule has 0 aromatic carbocycles. The van der Waals surface area contributed by atoms with Gasteiger partial charge >= 0.3 is 0 Å². The first-order chi connectivity index (χ1) is 15.9. The fourth-order valence-corrected chi connectivity index (χ4v) is 4.36. The maximum Gasteiger partial charge on any atom is 0.237 e. The second kappa shape index (κ2) is 14.9. The van der Waals surface area contributed by atoms with Crippen LogP contribution < -0.4 is 11.1 Å². The molecule has 0 fully saturated rings. The van der Waals surface area contributed by atoms with E-state index in [1.807, 2.05) is 30.6 Å². The lowest BCUT2D eigenvalue weighted by Gasteiger charge is -2.32. The van der Waals surface area contributed by atoms with Crippen LogP contribution in [0.1, 0.15) is 57.6 Å². The van der Waals surface area contributed by atoms with E-state index in [2.05, 4.69) is 47.3 Å². The number of aliphatic imine (C=N–C) groups is 1. The summed E-state index contributed by atoms with van der Waals surface area (Å²) in [4.78, 5) is 24.7. The van der Waals surface area contributed by atoms with Crippen molar-refractivity contribution in [2.45, 2.75) is 64.5 Å². The SMILES string of the molecule is CCC[N+](C)(C)CCCNC(=O)C(CCCCN)N(CC1=CCCC=N1)Cc1ccccn1. The minimum Gasteiger partial charge on any atom is -0.355 e. The van der Waals surface area contributed by atoms with E-state index in [1.54, 1.807) is 0 Å².